The average molecular weight is 316 g/mol. The number of halogens is 4. The van der Waals surface area contributed by atoms with Crippen molar-refractivity contribution < 1.29 is 13.2 Å². The molecule has 0 aliphatic rings. The Bertz CT molecular complexity index is 733. The van der Waals surface area contributed by atoms with Crippen LogP contribution in [0.2, 0.25) is 5.02 Å². The quantitative estimate of drug-likeness (QED) is 0.784. The zero-order chi connectivity index (χ0) is 16.0. The monoisotopic (exact) mass is 315 g/mol. The standard InChI is InChI=1S/C14H13ClF3N3/c1-13(2,3)11-10(4-5-19)21-7-8(14(16,17)18)6-9(15)12(21)20-11/h6-7H,4H2,1-3H3. The molecule has 0 aliphatic heterocycles. The molecule has 0 bridgehead atoms. The van der Waals surface area contributed by atoms with E-state index in [4.69, 9.17) is 16.9 Å². The van der Waals surface area contributed by atoms with Gasteiger partial charge in [0.2, 0.25) is 0 Å². The van der Waals surface area contributed by atoms with Crippen LogP contribution in [0.4, 0.5) is 13.2 Å². The number of fused-ring (bicyclic) bond motifs is 1. The molecule has 0 saturated carbocycles. The van der Waals surface area contributed by atoms with Crippen LogP contribution in [0, 0.1) is 11.3 Å². The molecular formula is C14H13ClF3N3. The van der Waals surface area contributed by atoms with Crippen LogP contribution < -0.4 is 0 Å². The summed E-state index contributed by atoms with van der Waals surface area (Å²) in [5.41, 5.74) is -0.0184. The van der Waals surface area contributed by atoms with Gasteiger partial charge in [0.1, 0.15) is 0 Å². The van der Waals surface area contributed by atoms with Gasteiger partial charge in [-0.25, -0.2) is 4.98 Å². The Morgan fingerprint density at radius 2 is 1.95 bits per heavy atom. The Hall–Kier alpha value is -1.74. The van der Waals surface area contributed by atoms with Crippen LogP contribution in [0.1, 0.15) is 37.7 Å². The van der Waals surface area contributed by atoms with Crippen LogP contribution in [0.15, 0.2) is 12.3 Å². The average Bonchev–Trinajstić information content (AvgIpc) is 2.68. The molecule has 0 unspecified atom stereocenters. The van der Waals surface area contributed by atoms with Gasteiger partial charge >= 0.3 is 6.18 Å². The molecule has 0 fully saturated rings. The highest BCUT2D eigenvalue weighted by atomic mass is 35.5. The van der Waals surface area contributed by atoms with Gasteiger partial charge in [-0.15, -0.1) is 0 Å². The maximum Gasteiger partial charge on any atom is 0.417 e. The number of nitriles is 1. The first-order valence-corrected chi connectivity index (χ1v) is 6.58. The zero-order valence-electron chi connectivity index (χ0n) is 11.7. The van der Waals surface area contributed by atoms with Crippen molar-refractivity contribution in [2.45, 2.75) is 38.8 Å². The summed E-state index contributed by atoms with van der Waals surface area (Å²) >= 11 is 5.94. The molecule has 0 aliphatic carbocycles. The first-order chi connectivity index (χ1) is 9.55. The number of rotatable bonds is 1. The summed E-state index contributed by atoms with van der Waals surface area (Å²) in [6.45, 7) is 5.65. The fraction of sp³-hybridized carbons (Fsp3) is 0.429. The van der Waals surface area contributed by atoms with E-state index in [2.05, 4.69) is 4.98 Å². The molecule has 0 saturated heterocycles. The van der Waals surface area contributed by atoms with E-state index in [1.165, 1.54) is 4.40 Å². The second-order valence-electron chi connectivity index (χ2n) is 5.76. The van der Waals surface area contributed by atoms with Crippen molar-refractivity contribution >= 4 is 17.2 Å². The maximum atomic E-state index is 12.9. The highest BCUT2D eigenvalue weighted by Gasteiger charge is 2.33. The molecule has 112 valence electrons. The van der Waals surface area contributed by atoms with E-state index >= 15 is 0 Å². The van der Waals surface area contributed by atoms with Gasteiger partial charge in [-0.1, -0.05) is 32.4 Å². The lowest BCUT2D eigenvalue weighted by molar-refractivity contribution is -0.137. The molecule has 2 heterocycles. The summed E-state index contributed by atoms with van der Waals surface area (Å²) in [5, 5.41) is 8.86. The third kappa shape index (κ3) is 2.84. The van der Waals surface area contributed by atoms with Crippen molar-refractivity contribution in [2.24, 2.45) is 0 Å². The Balaban J connectivity index is 2.85. The third-order valence-electron chi connectivity index (χ3n) is 3.06. The summed E-state index contributed by atoms with van der Waals surface area (Å²) in [7, 11) is 0. The second kappa shape index (κ2) is 4.92. The SMILES string of the molecule is CC(C)(C)c1nc2c(Cl)cc(C(F)(F)F)cn2c1CC#N. The predicted octanol–water partition coefficient (Wildman–Crippen LogP) is 4.37. The molecule has 0 radical (unpaired) electrons. The number of hydrogen-bond donors (Lipinski definition) is 0. The van der Waals surface area contributed by atoms with E-state index in [-0.39, 0.29) is 17.1 Å². The maximum absolute atomic E-state index is 12.9. The van der Waals surface area contributed by atoms with E-state index < -0.39 is 17.2 Å². The van der Waals surface area contributed by atoms with Gasteiger partial charge in [-0.3, -0.25) is 0 Å². The summed E-state index contributed by atoms with van der Waals surface area (Å²) in [4.78, 5) is 4.34. The highest BCUT2D eigenvalue weighted by Crippen LogP contribution is 2.35. The molecule has 2 aromatic heterocycles. The number of alkyl halides is 3. The molecular weight excluding hydrogens is 303 g/mol. The van der Waals surface area contributed by atoms with Gasteiger partial charge in [-0.05, 0) is 6.07 Å². The van der Waals surface area contributed by atoms with Crippen molar-refractivity contribution in [2.75, 3.05) is 0 Å². The van der Waals surface area contributed by atoms with Crippen LogP contribution in [-0.4, -0.2) is 9.38 Å². The molecule has 7 heteroatoms. The number of pyridine rings is 1. The summed E-state index contributed by atoms with van der Waals surface area (Å²) in [6.07, 6.45) is -3.60. The van der Waals surface area contributed by atoms with Crippen LogP contribution in [0.25, 0.3) is 5.65 Å². The number of imidazole rings is 1. The third-order valence-corrected chi connectivity index (χ3v) is 3.34. The van der Waals surface area contributed by atoms with Gasteiger partial charge < -0.3 is 4.40 Å². The van der Waals surface area contributed by atoms with E-state index in [9.17, 15) is 13.2 Å². The van der Waals surface area contributed by atoms with Crippen LogP contribution >= 0.6 is 11.6 Å². The molecule has 0 atom stereocenters. The van der Waals surface area contributed by atoms with E-state index in [0.717, 1.165) is 12.3 Å². The van der Waals surface area contributed by atoms with Gasteiger partial charge in [-0.2, -0.15) is 18.4 Å². The first-order valence-electron chi connectivity index (χ1n) is 6.21. The summed E-state index contributed by atoms with van der Waals surface area (Å²) < 4.78 is 40.0. The van der Waals surface area contributed by atoms with Crippen LogP contribution in [0.5, 0.6) is 0 Å². The largest absolute Gasteiger partial charge is 0.417 e. The highest BCUT2D eigenvalue weighted by molar-refractivity contribution is 6.33. The van der Waals surface area contributed by atoms with Crippen molar-refractivity contribution in [1.29, 1.82) is 5.26 Å². The van der Waals surface area contributed by atoms with Crippen molar-refractivity contribution in [1.82, 2.24) is 9.38 Å². The number of nitrogens with zero attached hydrogens (tertiary/aromatic N) is 3. The van der Waals surface area contributed by atoms with Crippen molar-refractivity contribution in [3.05, 3.63) is 34.2 Å². The minimum absolute atomic E-state index is 0.0363. The lowest BCUT2D eigenvalue weighted by atomic mass is 9.90. The molecule has 2 aromatic rings. The lowest BCUT2D eigenvalue weighted by Gasteiger charge is -2.16. The van der Waals surface area contributed by atoms with E-state index in [0.29, 0.717) is 11.4 Å². The van der Waals surface area contributed by atoms with E-state index in [1.807, 2.05) is 26.8 Å². The van der Waals surface area contributed by atoms with Crippen LogP contribution in [-0.2, 0) is 18.0 Å². The molecule has 0 amide bonds. The Morgan fingerprint density at radius 1 is 1.33 bits per heavy atom. The van der Waals surface area contributed by atoms with Gasteiger partial charge in [0.25, 0.3) is 0 Å². The fourth-order valence-electron chi connectivity index (χ4n) is 2.15. The number of aromatic nitrogens is 2. The molecule has 0 aromatic carbocycles. The van der Waals surface area contributed by atoms with Crippen molar-refractivity contribution in [3.63, 3.8) is 0 Å². The predicted molar refractivity (Wildman–Crippen MR) is 73.2 cm³/mol. The normalized spacial score (nSPS) is 12.7. The molecule has 21 heavy (non-hydrogen) atoms. The second-order valence-corrected chi connectivity index (χ2v) is 6.17. The fourth-order valence-corrected chi connectivity index (χ4v) is 2.40. The zero-order valence-corrected chi connectivity index (χ0v) is 12.5. The number of hydrogen-bond acceptors (Lipinski definition) is 2. The first kappa shape index (κ1) is 15.6. The Kier molecular flexibility index (Phi) is 3.66. The van der Waals surface area contributed by atoms with Gasteiger partial charge in [0.05, 0.1) is 34.5 Å². The molecule has 0 spiro atoms. The Morgan fingerprint density at radius 3 is 2.43 bits per heavy atom. The van der Waals surface area contributed by atoms with Crippen molar-refractivity contribution in [3.8, 4) is 6.07 Å². The Labute approximate surface area is 125 Å². The summed E-state index contributed by atoms with van der Waals surface area (Å²) in [6, 6.07) is 2.82. The smallest absolute Gasteiger partial charge is 0.301 e. The topological polar surface area (TPSA) is 41.1 Å². The molecule has 2 rings (SSSR count). The van der Waals surface area contributed by atoms with Gasteiger partial charge in [0, 0.05) is 11.6 Å². The minimum Gasteiger partial charge on any atom is -0.301 e. The lowest BCUT2D eigenvalue weighted by Crippen LogP contribution is -2.15. The summed E-state index contributed by atoms with van der Waals surface area (Å²) in [5.74, 6) is 0. The molecule has 3 nitrogen and oxygen atoms in total. The van der Waals surface area contributed by atoms with Gasteiger partial charge in [0.15, 0.2) is 5.65 Å². The van der Waals surface area contributed by atoms with Crippen LogP contribution in [0.3, 0.4) is 0 Å². The molecule has 0 N–H and O–H groups in total. The minimum atomic E-state index is -4.51. The van der Waals surface area contributed by atoms with E-state index in [1.54, 1.807) is 0 Å².